The highest BCUT2D eigenvalue weighted by Crippen LogP contribution is 2.19. The first-order valence-electron chi connectivity index (χ1n) is 7.33. The van der Waals surface area contributed by atoms with E-state index in [0.717, 1.165) is 22.0 Å². The van der Waals surface area contributed by atoms with Crippen LogP contribution >= 0.6 is 0 Å². The molecule has 0 unspecified atom stereocenters. The number of carbonyl (C=O) groups excluding carboxylic acids is 1. The van der Waals surface area contributed by atoms with E-state index in [1.807, 2.05) is 30.5 Å². The lowest BCUT2D eigenvalue weighted by Gasteiger charge is -2.14. The molecule has 0 fully saturated rings. The van der Waals surface area contributed by atoms with Crippen molar-refractivity contribution >= 4 is 28.7 Å². The second kappa shape index (κ2) is 6.36. The van der Waals surface area contributed by atoms with Crippen molar-refractivity contribution in [3.63, 3.8) is 0 Å². The summed E-state index contributed by atoms with van der Waals surface area (Å²) in [7, 11) is 1.79. The van der Waals surface area contributed by atoms with Gasteiger partial charge < -0.3 is 15.6 Å². The van der Waals surface area contributed by atoms with E-state index in [4.69, 9.17) is 5.73 Å². The molecule has 0 aliphatic carbocycles. The minimum Gasteiger partial charge on any atom is -0.384 e. The third-order valence-corrected chi connectivity index (χ3v) is 3.69. The Morgan fingerprint density at radius 2 is 2.13 bits per heavy atom. The highest BCUT2D eigenvalue weighted by atomic mass is 16.2. The molecule has 0 radical (unpaired) electrons. The molecule has 2 heterocycles. The Hall–Kier alpha value is -3.08. The van der Waals surface area contributed by atoms with Gasteiger partial charge in [0, 0.05) is 43.0 Å². The van der Waals surface area contributed by atoms with Gasteiger partial charge in [0.1, 0.15) is 5.82 Å². The number of rotatable bonds is 4. The Morgan fingerprint density at radius 3 is 2.91 bits per heavy atom. The van der Waals surface area contributed by atoms with E-state index in [1.54, 1.807) is 36.4 Å². The molecule has 0 saturated heterocycles. The molecule has 0 bridgehead atoms. The SMILES string of the molecule is CN(Cc1c[nH]c2ccccc12)C(=O)/C=C/c1ccc(N)nc1. The topological polar surface area (TPSA) is 75.0 Å². The lowest BCUT2D eigenvalue weighted by atomic mass is 10.1. The van der Waals surface area contributed by atoms with Crippen molar-refractivity contribution in [2.75, 3.05) is 12.8 Å². The van der Waals surface area contributed by atoms with Gasteiger partial charge in [-0.15, -0.1) is 0 Å². The molecule has 1 amide bonds. The minimum atomic E-state index is -0.0629. The van der Waals surface area contributed by atoms with Gasteiger partial charge in [0.25, 0.3) is 0 Å². The Balaban J connectivity index is 1.69. The molecule has 0 aliphatic rings. The Kier molecular flexibility index (Phi) is 4.10. The number of fused-ring (bicyclic) bond motifs is 1. The number of likely N-dealkylation sites (N-methyl/N-ethyl adjacent to an activating group) is 1. The third-order valence-electron chi connectivity index (χ3n) is 3.69. The Bertz CT molecular complexity index is 849. The maximum atomic E-state index is 12.2. The number of nitrogens with zero attached hydrogens (tertiary/aromatic N) is 2. The minimum absolute atomic E-state index is 0.0629. The smallest absolute Gasteiger partial charge is 0.246 e. The van der Waals surface area contributed by atoms with Crippen LogP contribution in [0.2, 0.25) is 0 Å². The molecule has 116 valence electrons. The Morgan fingerprint density at radius 1 is 1.30 bits per heavy atom. The summed E-state index contributed by atoms with van der Waals surface area (Å²) in [5, 5.41) is 1.14. The van der Waals surface area contributed by atoms with Crippen LogP contribution in [-0.2, 0) is 11.3 Å². The predicted octanol–water partition coefficient (Wildman–Crippen LogP) is 2.82. The van der Waals surface area contributed by atoms with E-state index in [-0.39, 0.29) is 5.91 Å². The first-order valence-corrected chi connectivity index (χ1v) is 7.33. The van der Waals surface area contributed by atoms with E-state index in [2.05, 4.69) is 16.0 Å². The number of pyridine rings is 1. The monoisotopic (exact) mass is 306 g/mol. The zero-order chi connectivity index (χ0) is 16.2. The summed E-state index contributed by atoms with van der Waals surface area (Å²) in [6.45, 7) is 0.549. The van der Waals surface area contributed by atoms with Crippen LogP contribution < -0.4 is 5.73 Å². The van der Waals surface area contributed by atoms with Crippen LogP contribution in [0, 0.1) is 0 Å². The predicted molar refractivity (Wildman–Crippen MR) is 92.5 cm³/mol. The molecule has 2 aromatic heterocycles. The summed E-state index contributed by atoms with van der Waals surface area (Å²) in [5.41, 5.74) is 8.55. The van der Waals surface area contributed by atoms with Gasteiger partial charge in [0.05, 0.1) is 0 Å². The van der Waals surface area contributed by atoms with Gasteiger partial charge >= 0.3 is 0 Å². The van der Waals surface area contributed by atoms with Crippen LogP contribution in [0.1, 0.15) is 11.1 Å². The lowest BCUT2D eigenvalue weighted by Crippen LogP contribution is -2.23. The van der Waals surface area contributed by atoms with E-state index in [0.29, 0.717) is 12.4 Å². The molecule has 3 N–H and O–H groups in total. The van der Waals surface area contributed by atoms with Gasteiger partial charge in [0.15, 0.2) is 0 Å². The summed E-state index contributed by atoms with van der Waals surface area (Å²) < 4.78 is 0. The first kappa shape index (κ1) is 14.8. The highest BCUT2D eigenvalue weighted by Gasteiger charge is 2.09. The van der Waals surface area contributed by atoms with Gasteiger partial charge in [-0.25, -0.2) is 4.98 Å². The quantitative estimate of drug-likeness (QED) is 0.728. The molecule has 3 rings (SSSR count). The number of H-pyrrole nitrogens is 1. The standard InChI is InChI=1S/C18H18N4O/c1-22(12-14-11-20-16-5-3-2-4-15(14)16)18(23)9-7-13-6-8-17(19)21-10-13/h2-11,20H,12H2,1H3,(H2,19,21)/b9-7+. The van der Waals surface area contributed by atoms with Crippen molar-refractivity contribution in [3.8, 4) is 0 Å². The fourth-order valence-corrected chi connectivity index (χ4v) is 2.41. The Labute approximate surface area is 134 Å². The molecule has 5 heteroatoms. The molecule has 0 atom stereocenters. The zero-order valence-electron chi connectivity index (χ0n) is 12.9. The average molecular weight is 306 g/mol. The molecular weight excluding hydrogens is 288 g/mol. The van der Waals surface area contributed by atoms with Gasteiger partial charge in [-0.05, 0) is 35.4 Å². The normalized spacial score (nSPS) is 11.2. The van der Waals surface area contributed by atoms with Gasteiger partial charge in [-0.1, -0.05) is 18.2 Å². The summed E-state index contributed by atoms with van der Waals surface area (Å²) in [6.07, 6.45) is 6.86. The van der Waals surface area contributed by atoms with Crippen molar-refractivity contribution in [2.24, 2.45) is 0 Å². The number of aromatic nitrogens is 2. The van der Waals surface area contributed by atoms with Crippen LogP contribution in [0.25, 0.3) is 17.0 Å². The molecule has 0 saturated carbocycles. The van der Waals surface area contributed by atoms with E-state index in [1.165, 1.54) is 0 Å². The number of nitrogens with two attached hydrogens (primary N) is 1. The number of carbonyl (C=O) groups is 1. The van der Waals surface area contributed by atoms with Crippen molar-refractivity contribution in [1.82, 2.24) is 14.9 Å². The van der Waals surface area contributed by atoms with Gasteiger partial charge in [-0.3, -0.25) is 4.79 Å². The van der Waals surface area contributed by atoms with E-state index < -0.39 is 0 Å². The molecule has 1 aromatic carbocycles. The number of hydrogen-bond donors (Lipinski definition) is 2. The van der Waals surface area contributed by atoms with Crippen molar-refractivity contribution in [1.29, 1.82) is 0 Å². The summed E-state index contributed by atoms with van der Waals surface area (Å²) in [6, 6.07) is 11.6. The second-order valence-electron chi connectivity index (χ2n) is 5.40. The van der Waals surface area contributed by atoms with Gasteiger partial charge in [0.2, 0.25) is 5.91 Å². The maximum absolute atomic E-state index is 12.2. The second-order valence-corrected chi connectivity index (χ2v) is 5.40. The number of aromatic amines is 1. The summed E-state index contributed by atoms with van der Waals surface area (Å²) in [4.78, 5) is 21.1. The van der Waals surface area contributed by atoms with Gasteiger partial charge in [-0.2, -0.15) is 0 Å². The van der Waals surface area contributed by atoms with E-state index in [9.17, 15) is 4.79 Å². The largest absolute Gasteiger partial charge is 0.384 e. The molecule has 23 heavy (non-hydrogen) atoms. The number of nitrogens with one attached hydrogen (secondary N) is 1. The zero-order valence-corrected chi connectivity index (χ0v) is 12.9. The molecular formula is C18H18N4O. The van der Waals surface area contributed by atoms with Crippen molar-refractivity contribution in [3.05, 3.63) is 66.0 Å². The van der Waals surface area contributed by atoms with Crippen molar-refractivity contribution in [2.45, 2.75) is 6.54 Å². The number of anilines is 1. The lowest BCUT2D eigenvalue weighted by molar-refractivity contribution is -0.125. The van der Waals surface area contributed by atoms with Crippen LogP contribution in [0.4, 0.5) is 5.82 Å². The van der Waals surface area contributed by atoms with Crippen molar-refractivity contribution < 1.29 is 4.79 Å². The third kappa shape index (κ3) is 3.40. The van der Waals surface area contributed by atoms with Crippen LogP contribution in [-0.4, -0.2) is 27.8 Å². The molecule has 0 aliphatic heterocycles. The maximum Gasteiger partial charge on any atom is 0.246 e. The van der Waals surface area contributed by atoms with Crippen LogP contribution in [0.5, 0.6) is 0 Å². The van der Waals surface area contributed by atoms with Crippen LogP contribution in [0.3, 0.4) is 0 Å². The number of benzene rings is 1. The molecule has 0 spiro atoms. The number of amides is 1. The fraction of sp³-hybridized carbons (Fsp3) is 0.111. The first-order chi connectivity index (χ1) is 11.1. The number of hydrogen-bond acceptors (Lipinski definition) is 3. The van der Waals surface area contributed by atoms with E-state index >= 15 is 0 Å². The number of nitrogen functional groups attached to an aromatic ring is 1. The average Bonchev–Trinajstić information content (AvgIpc) is 2.97. The molecule has 3 aromatic rings. The summed E-state index contributed by atoms with van der Waals surface area (Å²) >= 11 is 0. The highest BCUT2D eigenvalue weighted by molar-refractivity contribution is 5.92. The molecule has 5 nitrogen and oxygen atoms in total. The fourth-order valence-electron chi connectivity index (χ4n) is 2.41. The van der Waals surface area contributed by atoms with Crippen LogP contribution in [0.15, 0.2) is 54.9 Å². The number of para-hydroxylation sites is 1. The summed E-state index contributed by atoms with van der Waals surface area (Å²) in [5.74, 6) is 0.400.